The maximum atomic E-state index is 12.2. The number of carbonyl (C=O) groups excluding carboxylic acids is 2. The van der Waals surface area contributed by atoms with Crippen LogP contribution in [0.1, 0.15) is 31.7 Å². The Morgan fingerprint density at radius 1 is 0.971 bits per heavy atom. The summed E-state index contributed by atoms with van der Waals surface area (Å²) in [6.45, 7) is 8.82. The topological polar surface area (TPSA) is 73.9 Å². The number of piperazine rings is 1. The third kappa shape index (κ3) is 9.08. The van der Waals surface area contributed by atoms with Crippen LogP contribution in [0.4, 0.5) is 5.69 Å². The van der Waals surface area contributed by atoms with E-state index in [1.807, 2.05) is 6.07 Å². The van der Waals surface area contributed by atoms with Gasteiger partial charge < -0.3 is 15.4 Å². The second kappa shape index (κ2) is 14.1. The van der Waals surface area contributed by atoms with E-state index < -0.39 is 11.8 Å². The molecule has 1 fully saturated rings. The molecule has 2 aromatic carbocycles. The van der Waals surface area contributed by atoms with Crippen LogP contribution in [0.5, 0.6) is 5.75 Å². The van der Waals surface area contributed by atoms with Crippen molar-refractivity contribution in [2.24, 2.45) is 0 Å². The summed E-state index contributed by atoms with van der Waals surface area (Å²) in [6.07, 6.45) is 3.32. The monoisotopic (exact) mass is 530 g/mol. The Bertz CT molecular complexity index is 915. The minimum Gasteiger partial charge on any atom is -0.494 e. The summed E-state index contributed by atoms with van der Waals surface area (Å²) in [7, 11) is 0. The molecule has 0 spiro atoms. The number of ether oxygens (including phenoxy) is 1. The number of unbranched alkanes of at least 4 members (excludes halogenated alkanes) is 2. The molecule has 1 heterocycles. The van der Waals surface area contributed by atoms with Gasteiger partial charge in [0, 0.05) is 56.0 Å². The van der Waals surface area contributed by atoms with Gasteiger partial charge in [-0.15, -0.1) is 0 Å². The van der Waals surface area contributed by atoms with Gasteiger partial charge in [-0.05, 0) is 48.4 Å². The van der Waals surface area contributed by atoms with Crippen LogP contribution in [0.15, 0.2) is 53.0 Å². The van der Waals surface area contributed by atoms with Crippen LogP contribution in [0.2, 0.25) is 0 Å². The van der Waals surface area contributed by atoms with E-state index in [9.17, 15) is 9.59 Å². The van der Waals surface area contributed by atoms with E-state index >= 15 is 0 Å². The molecule has 2 amide bonds. The third-order valence-corrected chi connectivity index (χ3v) is 6.30. The van der Waals surface area contributed by atoms with Gasteiger partial charge in [0.25, 0.3) is 0 Å². The van der Waals surface area contributed by atoms with Gasteiger partial charge in [-0.25, -0.2) is 0 Å². The number of benzene rings is 2. The van der Waals surface area contributed by atoms with Crippen LogP contribution < -0.4 is 15.4 Å². The highest BCUT2D eigenvalue weighted by Crippen LogP contribution is 2.16. The third-order valence-electron chi connectivity index (χ3n) is 5.81. The summed E-state index contributed by atoms with van der Waals surface area (Å²) >= 11 is 3.53. The summed E-state index contributed by atoms with van der Waals surface area (Å²) in [5.74, 6) is -0.515. The molecule has 3 rings (SSSR count). The molecule has 7 nitrogen and oxygen atoms in total. The van der Waals surface area contributed by atoms with Gasteiger partial charge in [0.1, 0.15) is 5.75 Å². The average molecular weight is 531 g/mol. The zero-order valence-electron chi connectivity index (χ0n) is 19.9. The highest BCUT2D eigenvalue weighted by atomic mass is 79.9. The van der Waals surface area contributed by atoms with Crippen molar-refractivity contribution in [3.8, 4) is 5.75 Å². The Labute approximate surface area is 211 Å². The van der Waals surface area contributed by atoms with E-state index in [1.54, 1.807) is 24.3 Å². The first kappa shape index (κ1) is 26.2. The Kier molecular flexibility index (Phi) is 10.9. The van der Waals surface area contributed by atoms with Gasteiger partial charge >= 0.3 is 11.8 Å². The van der Waals surface area contributed by atoms with E-state index in [0.29, 0.717) is 18.8 Å². The molecule has 0 radical (unpaired) electrons. The summed E-state index contributed by atoms with van der Waals surface area (Å²) < 4.78 is 6.77. The first-order valence-corrected chi connectivity index (χ1v) is 12.8. The molecule has 1 aliphatic heterocycles. The molecule has 0 saturated carbocycles. The molecule has 2 N–H and O–H groups in total. The lowest BCUT2D eigenvalue weighted by atomic mass is 10.2. The maximum absolute atomic E-state index is 12.2. The van der Waals surface area contributed by atoms with Crippen LogP contribution in [0, 0.1) is 0 Å². The highest BCUT2D eigenvalue weighted by molar-refractivity contribution is 9.10. The molecule has 184 valence electrons. The zero-order chi connectivity index (χ0) is 24.2. The number of nitrogens with one attached hydrogen (secondary N) is 2. The Morgan fingerprint density at radius 3 is 2.41 bits per heavy atom. The molecule has 0 bridgehead atoms. The zero-order valence-corrected chi connectivity index (χ0v) is 21.5. The van der Waals surface area contributed by atoms with E-state index in [0.717, 1.165) is 68.8 Å². The van der Waals surface area contributed by atoms with Gasteiger partial charge in [-0.2, -0.15) is 0 Å². The van der Waals surface area contributed by atoms with Crippen LogP contribution in [0.3, 0.4) is 0 Å². The molecule has 0 unspecified atom stereocenters. The lowest BCUT2D eigenvalue weighted by molar-refractivity contribution is -0.136. The SMILES string of the molecule is CCCCCOc1ccc(NC(=O)C(=O)NCCN2CCN(Cc3cccc(Br)c3)CC2)cc1. The minimum atomic E-state index is -0.657. The number of anilines is 1. The summed E-state index contributed by atoms with van der Waals surface area (Å²) in [6, 6.07) is 15.5. The molecule has 34 heavy (non-hydrogen) atoms. The predicted molar refractivity (Wildman–Crippen MR) is 139 cm³/mol. The fourth-order valence-electron chi connectivity index (χ4n) is 3.84. The van der Waals surface area contributed by atoms with Crippen molar-refractivity contribution in [1.82, 2.24) is 15.1 Å². The minimum absolute atomic E-state index is 0.447. The van der Waals surface area contributed by atoms with Crippen molar-refractivity contribution in [3.63, 3.8) is 0 Å². The van der Waals surface area contributed by atoms with Crippen LogP contribution >= 0.6 is 15.9 Å². The normalized spacial score (nSPS) is 14.5. The predicted octanol–water partition coefficient (Wildman–Crippen LogP) is 3.89. The van der Waals surface area contributed by atoms with Crippen LogP contribution in [-0.4, -0.2) is 67.5 Å². The van der Waals surface area contributed by atoms with Crippen LogP contribution in [-0.2, 0) is 16.1 Å². The van der Waals surface area contributed by atoms with Crippen molar-refractivity contribution in [1.29, 1.82) is 0 Å². The lowest BCUT2D eigenvalue weighted by Crippen LogP contribution is -2.48. The number of hydrogen-bond donors (Lipinski definition) is 2. The standard InChI is InChI=1S/C26H35BrN4O3/c1-2-3-4-18-34-24-10-8-23(9-11-24)29-26(33)25(32)28-12-13-30-14-16-31(17-15-30)20-21-6-5-7-22(27)19-21/h5-11,19H,2-4,12-18,20H2,1H3,(H,28,32)(H,29,33). The van der Waals surface area contributed by atoms with E-state index in [-0.39, 0.29) is 0 Å². The van der Waals surface area contributed by atoms with Crippen LogP contribution in [0.25, 0.3) is 0 Å². The van der Waals surface area contributed by atoms with Crippen molar-refractivity contribution in [2.75, 3.05) is 51.2 Å². The number of carbonyl (C=O) groups is 2. The average Bonchev–Trinajstić information content (AvgIpc) is 2.84. The molecule has 0 aromatic heterocycles. The Morgan fingerprint density at radius 2 is 1.71 bits per heavy atom. The Balaban J connectivity index is 1.30. The highest BCUT2D eigenvalue weighted by Gasteiger charge is 2.18. The molecular weight excluding hydrogens is 496 g/mol. The quantitative estimate of drug-likeness (QED) is 0.340. The largest absolute Gasteiger partial charge is 0.494 e. The fraction of sp³-hybridized carbons (Fsp3) is 0.462. The Hall–Kier alpha value is -2.42. The summed E-state index contributed by atoms with van der Waals surface area (Å²) in [5, 5.41) is 5.36. The van der Waals surface area contributed by atoms with Crippen molar-refractivity contribution < 1.29 is 14.3 Å². The van der Waals surface area contributed by atoms with Gasteiger partial charge in [-0.3, -0.25) is 19.4 Å². The van der Waals surface area contributed by atoms with E-state index in [1.165, 1.54) is 5.56 Å². The lowest BCUT2D eigenvalue weighted by Gasteiger charge is -2.34. The first-order chi connectivity index (χ1) is 16.5. The summed E-state index contributed by atoms with van der Waals surface area (Å²) in [4.78, 5) is 29.1. The molecule has 0 atom stereocenters. The maximum Gasteiger partial charge on any atom is 0.313 e. The van der Waals surface area contributed by atoms with Crippen molar-refractivity contribution in [3.05, 3.63) is 58.6 Å². The molecule has 1 aliphatic rings. The van der Waals surface area contributed by atoms with Gasteiger partial charge in [0.2, 0.25) is 0 Å². The number of amides is 2. The molecule has 8 heteroatoms. The molecule has 2 aromatic rings. The molecule has 1 saturated heterocycles. The van der Waals surface area contributed by atoms with Gasteiger partial charge in [-0.1, -0.05) is 47.8 Å². The smallest absolute Gasteiger partial charge is 0.313 e. The second-order valence-corrected chi connectivity index (χ2v) is 9.45. The number of nitrogens with zero attached hydrogens (tertiary/aromatic N) is 2. The molecule has 0 aliphatic carbocycles. The van der Waals surface area contributed by atoms with Gasteiger partial charge in [0.05, 0.1) is 6.61 Å². The second-order valence-electron chi connectivity index (χ2n) is 8.54. The van der Waals surface area contributed by atoms with E-state index in [4.69, 9.17) is 4.74 Å². The number of hydrogen-bond acceptors (Lipinski definition) is 5. The van der Waals surface area contributed by atoms with Crippen molar-refractivity contribution >= 4 is 33.4 Å². The number of rotatable bonds is 11. The van der Waals surface area contributed by atoms with Gasteiger partial charge in [0.15, 0.2) is 0 Å². The fourth-order valence-corrected chi connectivity index (χ4v) is 4.28. The first-order valence-electron chi connectivity index (χ1n) is 12.0. The molecular formula is C26H35BrN4O3. The van der Waals surface area contributed by atoms with E-state index in [2.05, 4.69) is 61.5 Å². The van der Waals surface area contributed by atoms with Crippen molar-refractivity contribution in [2.45, 2.75) is 32.7 Å². The number of halogens is 1. The summed E-state index contributed by atoms with van der Waals surface area (Å²) in [5.41, 5.74) is 1.87.